The highest BCUT2D eigenvalue weighted by molar-refractivity contribution is 9.10. The monoisotopic (exact) mass is 275 g/mol. The second-order valence-electron chi connectivity index (χ2n) is 3.27. The first-order valence-electron chi connectivity index (χ1n) is 4.87. The van der Waals surface area contributed by atoms with Crippen molar-refractivity contribution in [2.75, 3.05) is 20.3 Å². The maximum atomic E-state index is 13.1. The van der Waals surface area contributed by atoms with Crippen LogP contribution in [0.15, 0.2) is 22.7 Å². The number of benzene rings is 1. The first kappa shape index (κ1) is 12.6. The number of hydrogen-bond donors (Lipinski definition) is 1. The van der Waals surface area contributed by atoms with Crippen LogP contribution in [-0.2, 0) is 11.3 Å². The third kappa shape index (κ3) is 4.73. The molecule has 0 bridgehead atoms. The Morgan fingerprint density at radius 2 is 2.27 bits per heavy atom. The number of nitrogens with one attached hydrogen (secondary N) is 1. The molecule has 0 aliphatic carbocycles. The SMILES string of the molecule is COCCCNCc1ccc(Br)c(F)c1. The fourth-order valence-electron chi connectivity index (χ4n) is 1.22. The van der Waals surface area contributed by atoms with Gasteiger partial charge in [0.15, 0.2) is 0 Å². The summed E-state index contributed by atoms with van der Waals surface area (Å²) in [6.45, 7) is 2.32. The van der Waals surface area contributed by atoms with Gasteiger partial charge in [-0.1, -0.05) is 6.07 Å². The average Bonchev–Trinajstić information content (AvgIpc) is 2.23. The predicted octanol–water partition coefficient (Wildman–Crippen LogP) is 2.71. The van der Waals surface area contributed by atoms with Crippen LogP contribution < -0.4 is 5.32 Å². The van der Waals surface area contributed by atoms with Gasteiger partial charge in [-0.2, -0.15) is 0 Å². The molecule has 0 amide bonds. The summed E-state index contributed by atoms with van der Waals surface area (Å²) in [7, 11) is 1.68. The first-order chi connectivity index (χ1) is 7.24. The fraction of sp³-hybridized carbons (Fsp3) is 0.455. The van der Waals surface area contributed by atoms with E-state index in [-0.39, 0.29) is 5.82 Å². The molecule has 0 aromatic heterocycles. The summed E-state index contributed by atoms with van der Waals surface area (Å²) in [5.74, 6) is -0.216. The lowest BCUT2D eigenvalue weighted by Crippen LogP contribution is -2.16. The van der Waals surface area contributed by atoms with Crippen LogP contribution in [0.25, 0.3) is 0 Å². The molecule has 1 rings (SSSR count). The quantitative estimate of drug-likeness (QED) is 0.807. The zero-order valence-corrected chi connectivity index (χ0v) is 10.3. The van der Waals surface area contributed by atoms with Crippen molar-refractivity contribution in [1.82, 2.24) is 5.32 Å². The Labute approximate surface area is 98.0 Å². The van der Waals surface area contributed by atoms with Crippen molar-refractivity contribution in [3.8, 4) is 0 Å². The van der Waals surface area contributed by atoms with Crippen LogP contribution in [0.5, 0.6) is 0 Å². The molecule has 0 spiro atoms. The molecule has 1 aromatic rings. The Kier molecular flexibility index (Phi) is 5.83. The summed E-state index contributed by atoms with van der Waals surface area (Å²) < 4.78 is 18.5. The number of rotatable bonds is 6. The second kappa shape index (κ2) is 6.93. The third-order valence-corrected chi connectivity index (χ3v) is 2.66. The fourth-order valence-corrected chi connectivity index (χ4v) is 1.47. The van der Waals surface area contributed by atoms with Gasteiger partial charge in [-0.05, 0) is 46.6 Å². The lowest BCUT2D eigenvalue weighted by Gasteiger charge is -2.05. The lowest BCUT2D eigenvalue weighted by molar-refractivity contribution is 0.194. The summed E-state index contributed by atoms with van der Waals surface area (Å²) in [4.78, 5) is 0. The van der Waals surface area contributed by atoms with Gasteiger partial charge in [0.1, 0.15) is 5.82 Å². The van der Waals surface area contributed by atoms with Crippen molar-refractivity contribution in [3.63, 3.8) is 0 Å². The van der Waals surface area contributed by atoms with E-state index in [0.29, 0.717) is 11.0 Å². The molecule has 0 aliphatic heterocycles. The van der Waals surface area contributed by atoms with E-state index in [0.717, 1.165) is 25.1 Å². The van der Waals surface area contributed by atoms with Crippen molar-refractivity contribution >= 4 is 15.9 Å². The minimum absolute atomic E-state index is 0.216. The summed E-state index contributed by atoms with van der Waals surface area (Å²) in [6.07, 6.45) is 0.968. The number of hydrogen-bond acceptors (Lipinski definition) is 2. The van der Waals surface area contributed by atoms with E-state index < -0.39 is 0 Å². The standard InChI is InChI=1S/C11H15BrFNO/c1-15-6-2-5-14-8-9-3-4-10(12)11(13)7-9/h3-4,7,14H,2,5-6,8H2,1H3. The van der Waals surface area contributed by atoms with Crippen molar-refractivity contribution in [2.45, 2.75) is 13.0 Å². The van der Waals surface area contributed by atoms with Gasteiger partial charge in [0.05, 0.1) is 4.47 Å². The minimum atomic E-state index is -0.216. The Morgan fingerprint density at radius 1 is 1.47 bits per heavy atom. The Bertz CT molecular complexity index is 307. The zero-order chi connectivity index (χ0) is 11.1. The predicted molar refractivity (Wildman–Crippen MR) is 62.3 cm³/mol. The third-order valence-electron chi connectivity index (χ3n) is 2.02. The molecule has 0 aliphatic rings. The highest BCUT2D eigenvalue weighted by atomic mass is 79.9. The highest BCUT2D eigenvalue weighted by Gasteiger charge is 1.99. The number of ether oxygens (including phenoxy) is 1. The topological polar surface area (TPSA) is 21.3 Å². The molecule has 15 heavy (non-hydrogen) atoms. The van der Waals surface area contributed by atoms with E-state index in [1.54, 1.807) is 13.2 Å². The number of halogens is 2. The van der Waals surface area contributed by atoms with Gasteiger partial charge in [0.25, 0.3) is 0 Å². The van der Waals surface area contributed by atoms with Crippen LogP contribution in [-0.4, -0.2) is 20.3 Å². The largest absolute Gasteiger partial charge is 0.385 e. The molecule has 1 N–H and O–H groups in total. The van der Waals surface area contributed by atoms with Crippen LogP contribution in [0.4, 0.5) is 4.39 Å². The van der Waals surface area contributed by atoms with Crippen molar-refractivity contribution in [3.05, 3.63) is 34.1 Å². The highest BCUT2D eigenvalue weighted by Crippen LogP contribution is 2.16. The number of methoxy groups -OCH3 is 1. The van der Waals surface area contributed by atoms with Crippen LogP contribution in [0.1, 0.15) is 12.0 Å². The summed E-state index contributed by atoms with van der Waals surface area (Å²) in [5, 5.41) is 3.22. The van der Waals surface area contributed by atoms with Gasteiger partial charge < -0.3 is 10.1 Å². The summed E-state index contributed by atoms with van der Waals surface area (Å²) in [6, 6.07) is 5.16. The molecule has 0 fully saturated rings. The molecule has 0 unspecified atom stereocenters. The van der Waals surface area contributed by atoms with Gasteiger partial charge in [0.2, 0.25) is 0 Å². The molecule has 1 aromatic carbocycles. The van der Waals surface area contributed by atoms with Gasteiger partial charge >= 0.3 is 0 Å². The molecule has 0 saturated carbocycles. The van der Waals surface area contributed by atoms with E-state index >= 15 is 0 Å². The molecule has 2 nitrogen and oxygen atoms in total. The van der Waals surface area contributed by atoms with Crippen LogP contribution >= 0.6 is 15.9 Å². The van der Waals surface area contributed by atoms with Crippen molar-refractivity contribution in [1.29, 1.82) is 0 Å². The molecule has 0 atom stereocenters. The van der Waals surface area contributed by atoms with E-state index in [9.17, 15) is 4.39 Å². The van der Waals surface area contributed by atoms with Gasteiger partial charge in [0, 0.05) is 20.3 Å². The lowest BCUT2D eigenvalue weighted by atomic mass is 10.2. The van der Waals surface area contributed by atoms with E-state index in [1.165, 1.54) is 6.07 Å². The summed E-state index contributed by atoms with van der Waals surface area (Å²) in [5.41, 5.74) is 0.952. The van der Waals surface area contributed by atoms with Crippen molar-refractivity contribution < 1.29 is 9.13 Å². The molecular formula is C11H15BrFNO. The molecule has 0 radical (unpaired) electrons. The molecule has 0 saturated heterocycles. The Hall–Kier alpha value is -0.450. The van der Waals surface area contributed by atoms with Crippen LogP contribution in [0.3, 0.4) is 0 Å². The van der Waals surface area contributed by atoms with E-state index in [1.807, 2.05) is 6.07 Å². The maximum Gasteiger partial charge on any atom is 0.137 e. The van der Waals surface area contributed by atoms with E-state index in [2.05, 4.69) is 21.2 Å². The van der Waals surface area contributed by atoms with Gasteiger partial charge in [-0.3, -0.25) is 0 Å². The van der Waals surface area contributed by atoms with Crippen molar-refractivity contribution in [2.24, 2.45) is 0 Å². The van der Waals surface area contributed by atoms with Gasteiger partial charge in [-0.15, -0.1) is 0 Å². The zero-order valence-electron chi connectivity index (χ0n) is 8.72. The Morgan fingerprint density at radius 3 is 2.93 bits per heavy atom. The molecule has 0 heterocycles. The second-order valence-corrected chi connectivity index (χ2v) is 4.13. The van der Waals surface area contributed by atoms with E-state index in [4.69, 9.17) is 4.74 Å². The smallest absolute Gasteiger partial charge is 0.137 e. The first-order valence-corrected chi connectivity index (χ1v) is 5.67. The normalized spacial score (nSPS) is 10.6. The molecular weight excluding hydrogens is 261 g/mol. The Balaban J connectivity index is 2.28. The van der Waals surface area contributed by atoms with Crippen LogP contribution in [0, 0.1) is 5.82 Å². The molecule has 4 heteroatoms. The van der Waals surface area contributed by atoms with Crippen LogP contribution in [0.2, 0.25) is 0 Å². The minimum Gasteiger partial charge on any atom is -0.385 e. The summed E-state index contributed by atoms with van der Waals surface area (Å²) >= 11 is 3.12. The maximum absolute atomic E-state index is 13.1. The molecule has 84 valence electrons. The average molecular weight is 276 g/mol. The van der Waals surface area contributed by atoms with Gasteiger partial charge in [-0.25, -0.2) is 4.39 Å².